The fourth-order valence-electron chi connectivity index (χ4n) is 2.05. The first-order chi connectivity index (χ1) is 12.2. The van der Waals surface area contributed by atoms with Gasteiger partial charge >= 0.3 is 5.97 Å². The summed E-state index contributed by atoms with van der Waals surface area (Å²) < 4.78 is 10.3. The zero-order valence-corrected chi connectivity index (χ0v) is 14.3. The largest absolute Gasteiger partial charge is 0.462 e. The van der Waals surface area contributed by atoms with Gasteiger partial charge in [-0.05, 0) is 42.8 Å². The number of aromatic nitrogens is 1. The Labute approximate surface area is 148 Å². The van der Waals surface area contributed by atoms with Crippen molar-refractivity contribution in [3.63, 3.8) is 0 Å². The maximum absolute atomic E-state index is 12.3. The van der Waals surface area contributed by atoms with Crippen LogP contribution in [-0.4, -0.2) is 23.5 Å². The number of benzene rings is 1. The van der Waals surface area contributed by atoms with E-state index in [1.165, 1.54) is 11.3 Å². The number of furan rings is 1. The van der Waals surface area contributed by atoms with Crippen LogP contribution in [-0.2, 0) is 4.74 Å². The summed E-state index contributed by atoms with van der Waals surface area (Å²) >= 11 is 1.33. The summed E-state index contributed by atoms with van der Waals surface area (Å²) in [4.78, 5) is 28.3. The number of ether oxygens (including phenoxy) is 1. The second-order valence-corrected chi connectivity index (χ2v) is 6.04. The van der Waals surface area contributed by atoms with Crippen LogP contribution in [0.15, 0.2) is 52.5 Å². The van der Waals surface area contributed by atoms with Gasteiger partial charge < -0.3 is 14.5 Å². The molecule has 0 aliphatic rings. The lowest BCUT2D eigenvalue weighted by Gasteiger charge is -2.05. The maximum atomic E-state index is 12.3. The van der Waals surface area contributed by atoms with E-state index in [1.807, 2.05) is 6.92 Å². The molecule has 0 unspecified atom stereocenters. The molecule has 0 fully saturated rings. The van der Waals surface area contributed by atoms with Crippen molar-refractivity contribution in [1.29, 1.82) is 0 Å². The molecule has 0 bridgehead atoms. The second kappa shape index (κ2) is 7.76. The lowest BCUT2D eigenvalue weighted by atomic mass is 10.2. The molecule has 0 radical (unpaired) electrons. The Morgan fingerprint density at radius 2 is 2.04 bits per heavy atom. The Bertz CT molecular complexity index is 854. The minimum Gasteiger partial charge on any atom is -0.462 e. The smallest absolute Gasteiger partial charge is 0.338 e. The summed E-state index contributed by atoms with van der Waals surface area (Å²) in [6.07, 6.45) is 2.33. The Hall–Kier alpha value is -2.93. The van der Waals surface area contributed by atoms with Gasteiger partial charge in [0.15, 0.2) is 10.8 Å². The van der Waals surface area contributed by atoms with E-state index in [0.717, 1.165) is 6.42 Å². The normalized spacial score (nSPS) is 10.4. The van der Waals surface area contributed by atoms with E-state index in [0.29, 0.717) is 34.3 Å². The highest BCUT2D eigenvalue weighted by molar-refractivity contribution is 7.13. The number of anilines is 1. The van der Waals surface area contributed by atoms with Crippen molar-refractivity contribution in [3.05, 3.63) is 59.3 Å². The van der Waals surface area contributed by atoms with Crippen molar-refractivity contribution in [2.45, 2.75) is 13.3 Å². The lowest BCUT2D eigenvalue weighted by molar-refractivity contribution is 0.0505. The Morgan fingerprint density at radius 3 is 2.72 bits per heavy atom. The van der Waals surface area contributed by atoms with Crippen molar-refractivity contribution in [2.24, 2.45) is 0 Å². The third-order valence-corrected chi connectivity index (χ3v) is 4.14. The lowest BCUT2D eigenvalue weighted by Crippen LogP contribution is -2.12. The highest BCUT2D eigenvalue weighted by atomic mass is 32.1. The van der Waals surface area contributed by atoms with E-state index in [1.54, 1.807) is 48.0 Å². The van der Waals surface area contributed by atoms with Crippen molar-refractivity contribution in [2.75, 3.05) is 11.9 Å². The molecule has 3 aromatic rings. The molecular weight excluding hydrogens is 340 g/mol. The van der Waals surface area contributed by atoms with E-state index in [-0.39, 0.29) is 11.9 Å². The van der Waals surface area contributed by atoms with Crippen LogP contribution in [0.25, 0.3) is 10.8 Å². The Balaban J connectivity index is 1.64. The van der Waals surface area contributed by atoms with Gasteiger partial charge in [-0.3, -0.25) is 4.79 Å². The van der Waals surface area contributed by atoms with Crippen molar-refractivity contribution < 1.29 is 18.7 Å². The van der Waals surface area contributed by atoms with Gasteiger partial charge in [-0.1, -0.05) is 6.92 Å². The summed E-state index contributed by atoms with van der Waals surface area (Å²) in [5, 5.41) is 5.06. The molecule has 6 nitrogen and oxygen atoms in total. The van der Waals surface area contributed by atoms with Crippen LogP contribution >= 0.6 is 11.3 Å². The molecule has 2 heterocycles. The van der Waals surface area contributed by atoms with Gasteiger partial charge in [-0.25, -0.2) is 9.78 Å². The van der Waals surface area contributed by atoms with Gasteiger partial charge in [0, 0.05) is 11.1 Å². The van der Waals surface area contributed by atoms with Crippen molar-refractivity contribution in [3.8, 4) is 10.8 Å². The molecule has 7 heteroatoms. The summed E-state index contributed by atoms with van der Waals surface area (Å²) in [7, 11) is 0. The van der Waals surface area contributed by atoms with E-state index < -0.39 is 0 Å². The number of nitrogens with zero attached hydrogens (tertiary/aromatic N) is 1. The molecule has 0 saturated heterocycles. The second-order valence-electron chi connectivity index (χ2n) is 5.18. The van der Waals surface area contributed by atoms with Gasteiger partial charge in [0.1, 0.15) is 5.69 Å². The summed E-state index contributed by atoms with van der Waals surface area (Å²) in [5.74, 6) is -0.0725. The highest BCUT2D eigenvalue weighted by Gasteiger charge is 2.14. The molecule has 2 aromatic heterocycles. The molecule has 0 saturated carbocycles. The maximum Gasteiger partial charge on any atom is 0.338 e. The van der Waals surface area contributed by atoms with Crippen LogP contribution in [0.1, 0.15) is 34.2 Å². The minimum absolute atomic E-state index is 0.308. The zero-order chi connectivity index (χ0) is 17.6. The fraction of sp³-hybridized carbons (Fsp3) is 0.167. The molecule has 128 valence electrons. The van der Waals surface area contributed by atoms with Crippen molar-refractivity contribution in [1.82, 2.24) is 4.98 Å². The van der Waals surface area contributed by atoms with Gasteiger partial charge in [0.2, 0.25) is 0 Å². The monoisotopic (exact) mass is 356 g/mol. The van der Waals surface area contributed by atoms with Gasteiger partial charge in [0.25, 0.3) is 5.91 Å². The van der Waals surface area contributed by atoms with Gasteiger partial charge in [0.05, 0.1) is 18.4 Å². The van der Waals surface area contributed by atoms with Crippen LogP contribution in [0.5, 0.6) is 0 Å². The van der Waals surface area contributed by atoms with Crippen LogP contribution < -0.4 is 5.32 Å². The topological polar surface area (TPSA) is 81.4 Å². The number of hydrogen-bond acceptors (Lipinski definition) is 6. The van der Waals surface area contributed by atoms with Crippen molar-refractivity contribution >= 4 is 28.9 Å². The first kappa shape index (κ1) is 16.9. The fourth-order valence-corrected chi connectivity index (χ4v) is 2.82. The van der Waals surface area contributed by atoms with E-state index in [2.05, 4.69) is 10.3 Å². The van der Waals surface area contributed by atoms with Gasteiger partial charge in [-0.2, -0.15) is 0 Å². The number of rotatable bonds is 6. The molecule has 0 spiro atoms. The molecule has 3 rings (SSSR count). The zero-order valence-electron chi connectivity index (χ0n) is 13.5. The van der Waals surface area contributed by atoms with Crippen LogP contribution in [0.2, 0.25) is 0 Å². The van der Waals surface area contributed by atoms with E-state index in [9.17, 15) is 9.59 Å². The molecule has 0 aliphatic heterocycles. The molecule has 0 aliphatic carbocycles. The van der Waals surface area contributed by atoms with Gasteiger partial charge in [-0.15, -0.1) is 11.3 Å². The SMILES string of the molecule is CCCOC(=O)c1ccc(NC(=O)c2csc(-c3ccco3)n2)cc1. The molecule has 25 heavy (non-hydrogen) atoms. The average molecular weight is 356 g/mol. The number of thiazole rings is 1. The summed E-state index contributed by atoms with van der Waals surface area (Å²) in [6, 6.07) is 10.1. The third kappa shape index (κ3) is 4.13. The van der Waals surface area contributed by atoms with Crippen LogP contribution in [0.3, 0.4) is 0 Å². The predicted molar refractivity (Wildman–Crippen MR) is 94.8 cm³/mol. The summed E-state index contributed by atoms with van der Waals surface area (Å²) in [5.41, 5.74) is 1.33. The molecule has 1 aromatic carbocycles. The Kier molecular flexibility index (Phi) is 5.25. The first-order valence-electron chi connectivity index (χ1n) is 7.75. The number of nitrogens with one attached hydrogen (secondary N) is 1. The average Bonchev–Trinajstić information content (AvgIpc) is 3.31. The number of carbonyl (C=O) groups excluding carboxylic acids is 2. The minimum atomic E-state index is -0.373. The van der Waals surface area contributed by atoms with Crippen LogP contribution in [0.4, 0.5) is 5.69 Å². The molecule has 0 atom stereocenters. The number of carbonyl (C=O) groups is 2. The predicted octanol–water partition coefficient (Wildman–Crippen LogP) is 4.22. The number of amides is 1. The molecule has 1 N–H and O–H groups in total. The number of hydrogen-bond donors (Lipinski definition) is 1. The first-order valence-corrected chi connectivity index (χ1v) is 8.63. The number of esters is 1. The quantitative estimate of drug-likeness (QED) is 0.669. The van der Waals surface area contributed by atoms with Crippen LogP contribution in [0, 0.1) is 0 Å². The van der Waals surface area contributed by atoms with E-state index >= 15 is 0 Å². The summed E-state index contributed by atoms with van der Waals surface area (Å²) in [6.45, 7) is 2.32. The van der Waals surface area contributed by atoms with E-state index in [4.69, 9.17) is 9.15 Å². The standard InChI is InChI=1S/C18H16N2O4S/c1-2-9-24-18(22)12-5-7-13(8-6-12)19-16(21)14-11-25-17(20-14)15-4-3-10-23-15/h3-8,10-11H,2,9H2,1H3,(H,19,21). The Morgan fingerprint density at radius 1 is 1.24 bits per heavy atom. The molecular formula is C18H16N2O4S. The third-order valence-electron chi connectivity index (χ3n) is 3.28. The molecule has 1 amide bonds. The highest BCUT2D eigenvalue weighted by Crippen LogP contribution is 2.24.